The maximum Gasteiger partial charge on any atom is 0.263 e. The molecule has 0 aliphatic carbocycles. The molecule has 1 aromatic heterocycles. The minimum absolute atomic E-state index is 0.0581. The molecule has 0 aromatic carbocycles. The van der Waals surface area contributed by atoms with Crippen molar-refractivity contribution in [3.05, 3.63) is 4.60 Å². The van der Waals surface area contributed by atoms with Gasteiger partial charge >= 0.3 is 0 Å². The summed E-state index contributed by atoms with van der Waals surface area (Å²) >= 11 is 3.14. The first-order valence-electron chi connectivity index (χ1n) is 6.13. The van der Waals surface area contributed by atoms with Gasteiger partial charge in [0.05, 0.1) is 6.10 Å². The molecule has 1 atom stereocenters. The number of nitrogens with zero attached hydrogens (tertiary/aromatic N) is 4. The Balaban J connectivity index is 2.33. The van der Waals surface area contributed by atoms with Gasteiger partial charge in [0.1, 0.15) is 0 Å². The van der Waals surface area contributed by atoms with Crippen molar-refractivity contribution in [3.63, 3.8) is 0 Å². The number of hydrogen-bond acceptors (Lipinski definition) is 5. The van der Waals surface area contributed by atoms with Crippen LogP contribution in [-0.4, -0.2) is 53.5 Å². The van der Waals surface area contributed by atoms with E-state index in [-0.39, 0.29) is 15.7 Å². The van der Waals surface area contributed by atoms with Crippen molar-refractivity contribution in [2.24, 2.45) is 7.05 Å². The second-order valence-electron chi connectivity index (χ2n) is 4.43. The molecule has 7 nitrogen and oxygen atoms in total. The van der Waals surface area contributed by atoms with Gasteiger partial charge in [0.15, 0.2) is 4.60 Å². The SMILES string of the molecule is CCC1CN(S(=O)(=O)c2c(Br)nnn2C)CCCO1. The zero-order chi connectivity index (χ0) is 14.0. The predicted octanol–water partition coefficient (Wildman–Crippen LogP) is 0.767. The van der Waals surface area contributed by atoms with Crippen LogP contribution in [0.4, 0.5) is 0 Å². The molecule has 0 N–H and O–H groups in total. The Morgan fingerprint density at radius 2 is 2.26 bits per heavy atom. The van der Waals surface area contributed by atoms with Crippen LogP contribution in [0.1, 0.15) is 19.8 Å². The van der Waals surface area contributed by atoms with E-state index in [9.17, 15) is 8.42 Å². The third-order valence-corrected chi connectivity index (χ3v) is 5.84. The van der Waals surface area contributed by atoms with Crippen molar-refractivity contribution in [1.29, 1.82) is 0 Å². The number of rotatable bonds is 3. The van der Waals surface area contributed by atoms with Gasteiger partial charge in [-0.05, 0) is 28.8 Å². The van der Waals surface area contributed by atoms with Crippen LogP contribution < -0.4 is 0 Å². The summed E-state index contributed by atoms with van der Waals surface area (Å²) in [6.07, 6.45) is 1.42. The van der Waals surface area contributed by atoms with Crippen molar-refractivity contribution in [2.75, 3.05) is 19.7 Å². The van der Waals surface area contributed by atoms with E-state index in [4.69, 9.17) is 4.74 Å². The van der Waals surface area contributed by atoms with Crippen LogP contribution in [0.2, 0.25) is 0 Å². The predicted molar refractivity (Wildman–Crippen MR) is 72.1 cm³/mol. The summed E-state index contributed by atoms with van der Waals surface area (Å²) in [5.74, 6) is 0. The molecule has 2 heterocycles. The van der Waals surface area contributed by atoms with Crippen LogP contribution in [0.15, 0.2) is 9.63 Å². The zero-order valence-electron chi connectivity index (χ0n) is 10.9. The Bertz CT molecular complexity index is 525. The van der Waals surface area contributed by atoms with Crippen LogP contribution in [0.5, 0.6) is 0 Å². The van der Waals surface area contributed by atoms with Crippen molar-refractivity contribution in [1.82, 2.24) is 19.3 Å². The van der Waals surface area contributed by atoms with Gasteiger partial charge in [-0.15, -0.1) is 5.10 Å². The number of aryl methyl sites for hydroxylation is 1. The van der Waals surface area contributed by atoms with Crippen molar-refractivity contribution in [2.45, 2.75) is 30.9 Å². The lowest BCUT2D eigenvalue weighted by Crippen LogP contribution is -2.37. The van der Waals surface area contributed by atoms with Crippen LogP contribution >= 0.6 is 15.9 Å². The largest absolute Gasteiger partial charge is 0.377 e. The topological polar surface area (TPSA) is 77.3 Å². The number of hydrogen-bond donors (Lipinski definition) is 0. The maximum atomic E-state index is 12.6. The summed E-state index contributed by atoms with van der Waals surface area (Å²) in [6, 6.07) is 0. The molecule has 1 saturated heterocycles. The number of ether oxygens (including phenoxy) is 1. The molecule has 0 saturated carbocycles. The highest BCUT2D eigenvalue weighted by molar-refractivity contribution is 9.10. The Kier molecular flexibility index (Phi) is 4.59. The minimum Gasteiger partial charge on any atom is -0.377 e. The molecular formula is C10H17BrN4O3S. The van der Waals surface area contributed by atoms with Crippen molar-refractivity contribution in [3.8, 4) is 0 Å². The molecule has 1 aliphatic heterocycles. The molecule has 19 heavy (non-hydrogen) atoms. The average molecular weight is 353 g/mol. The Morgan fingerprint density at radius 1 is 1.53 bits per heavy atom. The highest BCUT2D eigenvalue weighted by Gasteiger charge is 2.33. The molecule has 0 bridgehead atoms. The minimum atomic E-state index is -3.60. The van der Waals surface area contributed by atoms with Crippen LogP contribution in [0.3, 0.4) is 0 Å². The monoisotopic (exact) mass is 352 g/mol. The van der Waals surface area contributed by atoms with E-state index in [2.05, 4.69) is 26.2 Å². The lowest BCUT2D eigenvalue weighted by Gasteiger charge is -2.22. The average Bonchev–Trinajstić information content (AvgIpc) is 2.59. The van der Waals surface area contributed by atoms with E-state index in [0.717, 1.165) is 6.42 Å². The van der Waals surface area contributed by atoms with Gasteiger partial charge in [0.25, 0.3) is 10.0 Å². The molecule has 1 aromatic rings. The maximum absolute atomic E-state index is 12.6. The van der Waals surface area contributed by atoms with Crippen LogP contribution in [0, 0.1) is 0 Å². The molecule has 2 rings (SSSR count). The first-order valence-corrected chi connectivity index (χ1v) is 8.37. The molecule has 108 valence electrons. The zero-order valence-corrected chi connectivity index (χ0v) is 13.3. The highest BCUT2D eigenvalue weighted by atomic mass is 79.9. The van der Waals surface area contributed by atoms with Gasteiger partial charge in [-0.3, -0.25) is 0 Å². The normalized spacial score (nSPS) is 22.4. The number of aromatic nitrogens is 3. The Morgan fingerprint density at radius 3 is 2.84 bits per heavy atom. The van der Waals surface area contributed by atoms with Crippen molar-refractivity contribution >= 4 is 26.0 Å². The summed E-state index contributed by atoms with van der Waals surface area (Å²) < 4.78 is 33.9. The second-order valence-corrected chi connectivity index (χ2v) is 7.03. The molecule has 0 amide bonds. The molecule has 9 heteroatoms. The lowest BCUT2D eigenvalue weighted by atomic mass is 10.3. The molecular weight excluding hydrogens is 336 g/mol. The molecule has 1 aliphatic rings. The summed E-state index contributed by atoms with van der Waals surface area (Å²) in [5.41, 5.74) is 0. The Hall–Kier alpha value is -0.510. The first kappa shape index (κ1) is 14.9. The van der Waals surface area contributed by atoms with Crippen molar-refractivity contribution < 1.29 is 13.2 Å². The third kappa shape index (κ3) is 2.99. The van der Waals surface area contributed by atoms with Gasteiger partial charge in [0.2, 0.25) is 5.03 Å². The fourth-order valence-electron chi connectivity index (χ4n) is 2.05. The molecule has 0 spiro atoms. The standard InChI is InChI=1S/C10H17BrN4O3S/c1-3-8-7-15(5-4-6-18-8)19(16,17)10-9(11)12-13-14(10)2/h8H,3-7H2,1-2H3. The number of halogens is 1. The van der Waals surface area contributed by atoms with Gasteiger partial charge < -0.3 is 4.74 Å². The second kappa shape index (κ2) is 5.86. The number of sulfonamides is 1. The van der Waals surface area contributed by atoms with Crippen LogP contribution in [0.25, 0.3) is 0 Å². The van der Waals surface area contributed by atoms with Gasteiger partial charge in [-0.25, -0.2) is 13.1 Å². The van der Waals surface area contributed by atoms with E-state index in [1.807, 2.05) is 6.92 Å². The third-order valence-electron chi connectivity index (χ3n) is 3.09. The van der Waals surface area contributed by atoms with E-state index < -0.39 is 10.0 Å². The van der Waals surface area contributed by atoms with Gasteiger partial charge in [-0.2, -0.15) is 4.31 Å². The summed E-state index contributed by atoms with van der Waals surface area (Å²) in [6.45, 7) is 3.41. The first-order chi connectivity index (χ1) is 8.96. The summed E-state index contributed by atoms with van der Waals surface area (Å²) in [4.78, 5) is 0. The fourth-order valence-corrected chi connectivity index (χ4v) is 4.59. The Labute approximate surface area is 121 Å². The van der Waals surface area contributed by atoms with Gasteiger partial charge in [0, 0.05) is 26.7 Å². The lowest BCUT2D eigenvalue weighted by molar-refractivity contribution is 0.0592. The van der Waals surface area contributed by atoms with E-state index >= 15 is 0 Å². The van der Waals surface area contributed by atoms with E-state index in [0.29, 0.717) is 26.1 Å². The molecule has 1 fully saturated rings. The smallest absolute Gasteiger partial charge is 0.263 e. The molecule has 0 radical (unpaired) electrons. The van der Waals surface area contributed by atoms with E-state index in [1.54, 1.807) is 7.05 Å². The summed E-state index contributed by atoms with van der Waals surface area (Å²) in [5, 5.41) is 7.54. The summed E-state index contributed by atoms with van der Waals surface area (Å²) in [7, 11) is -2.04. The van der Waals surface area contributed by atoms with Gasteiger partial charge in [-0.1, -0.05) is 12.1 Å². The fraction of sp³-hybridized carbons (Fsp3) is 0.800. The van der Waals surface area contributed by atoms with Crippen LogP contribution in [-0.2, 0) is 21.8 Å². The quantitative estimate of drug-likeness (QED) is 0.802. The van der Waals surface area contributed by atoms with E-state index in [1.165, 1.54) is 8.99 Å². The highest BCUT2D eigenvalue weighted by Crippen LogP contribution is 2.24. The molecule has 1 unspecified atom stereocenters.